The number of amides is 2. The molecule has 0 unspecified atom stereocenters. The zero-order valence-electron chi connectivity index (χ0n) is 18.8. The maximum Gasteiger partial charge on any atom is 0.242 e. The molecule has 162 valence electrons. The monoisotopic (exact) mass is 426 g/mol. The molecule has 0 spiro atoms. The average Bonchev–Trinajstić information content (AvgIpc) is 2.69. The summed E-state index contributed by atoms with van der Waals surface area (Å²) >= 11 is 1.74. The van der Waals surface area contributed by atoms with Gasteiger partial charge < -0.3 is 10.2 Å². The number of rotatable bonds is 9. The van der Waals surface area contributed by atoms with Gasteiger partial charge in [-0.15, -0.1) is 0 Å². The number of nitrogens with zero attached hydrogens (tertiary/aromatic N) is 1. The van der Waals surface area contributed by atoms with Crippen LogP contribution in [-0.2, 0) is 21.9 Å². The van der Waals surface area contributed by atoms with Crippen LogP contribution in [0.3, 0.4) is 0 Å². The number of hydrogen-bond acceptors (Lipinski definition) is 3. The van der Waals surface area contributed by atoms with Crippen molar-refractivity contribution in [2.24, 2.45) is 0 Å². The van der Waals surface area contributed by atoms with E-state index < -0.39 is 6.04 Å². The molecule has 0 aliphatic heterocycles. The summed E-state index contributed by atoms with van der Waals surface area (Å²) in [5, 5.41) is 3.01. The number of hydrogen-bond donors (Lipinski definition) is 1. The molecule has 0 bridgehead atoms. The van der Waals surface area contributed by atoms with Crippen LogP contribution in [-0.4, -0.2) is 34.0 Å². The molecule has 0 aromatic heterocycles. The maximum atomic E-state index is 13.1. The van der Waals surface area contributed by atoms with Crippen LogP contribution in [0.1, 0.15) is 50.8 Å². The number of carbonyl (C=O) groups excluding carboxylic acids is 2. The topological polar surface area (TPSA) is 49.4 Å². The Morgan fingerprint density at radius 3 is 2.30 bits per heavy atom. The van der Waals surface area contributed by atoms with Crippen molar-refractivity contribution in [3.63, 3.8) is 0 Å². The van der Waals surface area contributed by atoms with Gasteiger partial charge in [-0.25, -0.2) is 0 Å². The van der Waals surface area contributed by atoms with E-state index in [9.17, 15) is 9.59 Å². The normalized spacial score (nSPS) is 12.3. The summed E-state index contributed by atoms with van der Waals surface area (Å²) in [6.45, 7) is 10.1. The lowest BCUT2D eigenvalue weighted by Gasteiger charge is -2.32. The summed E-state index contributed by atoms with van der Waals surface area (Å²) in [6, 6.07) is 17.7. The van der Waals surface area contributed by atoms with Crippen molar-refractivity contribution in [1.82, 2.24) is 10.2 Å². The van der Waals surface area contributed by atoms with Gasteiger partial charge in [0.2, 0.25) is 11.8 Å². The third-order valence-corrected chi connectivity index (χ3v) is 5.87. The van der Waals surface area contributed by atoms with Crippen LogP contribution in [0.15, 0.2) is 54.6 Å². The highest BCUT2D eigenvalue weighted by Gasteiger charge is 2.28. The lowest BCUT2D eigenvalue weighted by molar-refractivity contribution is -0.140. The van der Waals surface area contributed by atoms with Gasteiger partial charge in [0.05, 0.1) is 0 Å². The molecule has 0 saturated heterocycles. The number of aryl methyl sites for hydroxylation is 1. The first-order valence-corrected chi connectivity index (χ1v) is 11.6. The van der Waals surface area contributed by atoms with Crippen LogP contribution < -0.4 is 5.32 Å². The van der Waals surface area contributed by atoms with E-state index in [1.54, 1.807) is 16.7 Å². The van der Waals surface area contributed by atoms with Gasteiger partial charge in [-0.1, -0.05) is 54.6 Å². The van der Waals surface area contributed by atoms with E-state index in [1.807, 2.05) is 77.1 Å². The van der Waals surface area contributed by atoms with E-state index in [0.29, 0.717) is 13.0 Å². The molecule has 1 N–H and O–H groups in total. The van der Waals surface area contributed by atoms with E-state index in [2.05, 4.69) is 17.4 Å². The fourth-order valence-electron chi connectivity index (χ4n) is 3.10. The molecule has 0 fully saturated rings. The van der Waals surface area contributed by atoms with Crippen LogP contribution in [0.4, 0.5) is 0 Å². The third kappa shape index (κ3) is 7.86. The minimum absolute atomic E-state index is 0.00961. The molecule has 30 heavy (non-hydrogen) atoms. The summed E-state index contributed by atoms with van der Waals surface area (Å²) in [6.07, 6.45) is 0.413. The lowest BCUT2D eigenvalue weighted by atomic mass is 10.1. The van der Waals surface area contributed by atoms with Crippen molar-refractivity contribution >= 4 is 23.6 Å². The molecule has 1 atom stereocenters. The largest absolute Gasteiger partial charge is 0.350 e. The van der Waals surface area contributed by atoms with Gasteiger partial charge in [0.15, 0.2) is 0 Å². The van der Waals surface area contributed by atoms with Gasteiger partial charge in [-0.3, -0.25) is 9.59 Å². The quantitative estimate of drug-likeness (QED) is 0.577. The fraction of sp³-hybridized carbons (Fsp3) is 0.440. The Hall–Kier alpha value is -2.27. The Bertz CT molecular complexity index is 831. The molecule has 0 aliphatic carbocycles. The van der Waals surface area contributed by atoms with Gasteiger partial charge >= 0.3 is 0 Å². The molecule has 2 aromatic carbocycles. The number of thioether (sulfide) groups is 1. The second kappa shape index (κ2) is 11.2. The maximum absolute atomic E-state index is 13.1. The summed E-state index contributed by atoms with van der Waals surface area (Å²) in [5.74, 6) is 1.49. The van der Waals surface area contributed by atoms with Crippen LogP contribution in [0.25, 0.3) is 0 Å². The molecular weight excluding hydrogens is 392 g/mol. The van der Waals surface area contributed by atoms with E-state index in [1.165, 1.54) is 5.56 Å². The van der Waals surface area contributed by atoms with E-state index in [0.717, 1.165) is 22.6 Å². The summed E-state index contributed by atoms with van der Waals surface area (Å²) < 4.78 is 0. The minimum atomic E-state index is -0.532. The Labute approximate surface area is 185 Å². The lowest BCUT2D eigenvalue weighted by Crippen LogP contribution is -2.52. The molecule has 5 heteroatoms. The summed E-state index contributed by atoms with van der Waals surface area (Å²) in [5.41, 5.74) is 3.11. The number of benzene rings is 2. The van der Waals surface area contributed by atoms with Crippen LogP contribution in [0.2, 0.25) is 0 Å². The molecule has 2 amide bonds. The molecule has 0 saturated carbocycles. The Balaban J connectivity index is 2.04. The zero-order valence-corrected chi connectivity index (χ0v) is 19.6. The molecular formula is C25H34N2O2S. The standard InChI is InChI=1S/C25H34N2O2S/c1-19-11-9-10-14-22(19)17-27(20(2)24(29)26-25(3,4)5)23(28)15-16-30-18-21-12-7-6-8-13-21/h6-14,20H,15-18H2,1-5H3,(H,26,29)/t20-/m0/s1. The second-order valence-corrected chi connectivity index (χ2v) is 9.76. The van der Waals surface area contributed by atoms with E-state index >= 15 is 0 Å². The van der Waals surface area contributed by atoms with Gasteiger partial charge in [0.1, 0.15) is 6.04 Å². The van der Waals surface area contributed by atoms with Crippen molar-refractivity contribution in [1.29, 1.82) is 0 Å². The molecule has 0 radical (unpaired) electrons. The van der Waals surface area contributed by atoms with Crippen LogP contribution >= 0.6 is 11.8 Å². The SMILES string of the molecule is Cc1ccccc1CN(C(=O)CCSCc1ccccc1)[C@@H](C)C(=O)NC(C)(C)C. The Morgan fingerprint density at radius 2 is 1.67 bits per heavy atom. The van der Waals surface area contributed by atoms with E-state index in [-0.39, 0.29) is 17.4 Å². The van der Waals surface area contributed by atoms with Gasteiger partial charge in [-0.2, -0.15) is 11.8 Å². The predicted molar refractivity (Wildman–Crippen MR) is 126 cm³/mol. The van der Waals surface area contributed by atoms with Crippen molar-refractivity contribution < 1.29 is 9.59 Å². The van der Waals surface area contributed by atoms with Crippen molar-refractivity contribution in [2.45, 2.75) is 64.9 Å². The molecule has 0 heterocycles. The van der Waals surface area contributed by atoms with Crippen molar-refractivity contribution in [3.8, 4) is 0 Å². The minimum Gasteiger partial charge on any atom is -0.350 e. The Kier molecular flexibility index (Phi) is 8.97. The molecule has 4 nitrogen and oxygen atoms in total. The molecule has 0 aliphatic rings. The van der Waals surface area contributed by atoms with Crippen LogP contribution in [0.5, 0.6) is 0 Å². The van der Waals surface area contributed by atoms with E-state index in [4.69, 9.17) is 0 Å². The second-order valence-electron chi connectivity index (χ2n) is 8.65. The Morgan fingerprint density at radius 1 is 1.03 bits per heavy atom. The summed E-state index contributed by atoms with van der Waals surface area (Å²) in [4.78, 5) is 27.6. The van der Waals surface area contributed by atoms with Crippen molar-refractivity contribution in [2.75, 3.05) is 5.75 Å². The van der Waals surface area contributed by atoms with Crippen LogP contribution in [0, 0.1) is 6.92 Å². The van der Waals surface area contributed by atoms with Gasteiger partial charge in [-0.05, 0) is 51.3 Å². The predicted octanol–water partition coefficient (Wildman–Crippen LogP) is 4.95. The molecule has 2 aromatic rings. The first-order chi connectivity index (χ1) is 14.2. The average molecular weight is 427 g/mol. The third-order valence-electron chi connectivity index (χ3n) is 4.84. The highest BCUT2D eigenvalue weighted by molar-refractivity contribution is 7.98. The van der Waals surface area contributed by atoms with Gasteiger partial charge in [0.25, 0.3) is 0 Å². The van der Waals surface area contributed by atoms with Gasteiger partial charge in [0, 0.05) is 30.0 Å². The first-order valence-electron chi connectivity index (χ1n) is 10.4. The number of carbonyl (C=O) groups is 2. The smallest absolute Gasteiger partial charge is 0.242 e. The summed E-state index contributed by atoms with van der Waals surface area (Å²) in [7, 11) is 0. The highest BCUT2D eigenvalue weighted by atomic mass is 32.2. The molecule has 2 rings (SSSR count). The highest BCUT2D eigenvalue weighted by Crippen LogP contribution is 2.18. The zero-order chi connectivity index (χ0) is 22.1. The number of nitrogens with one attached hydrogen (secondary N) is 1. The first kappa shape index (κ1) is 24.0. The fourth-order valence-corrected chi connectivity index (χ4v) is 3.99. The van der Waals surface area contributed by atoms with Crippen molar-refractivity contribution in [3.05, 3.63) is 71.3 Å².